The van der Waals surface area contributed by atoms with Gasteiger partial charge in [-0.05, 0) is 56.0 Å². The van der Waals surface area contributed by atoms with E-state index in [1.807, 2.05) is 30.3 Å². The Morgan fingerprint density at radius 2 is 1.93 bits per heavy atom. The van der Waals surface area contributed by atoms with Crippen LogP contribution >= 0.6 is 0 Å². The van der Waals surface area contributed by atoms with Crippen molar-refractivity contribution in [3.05, 3.63) is 48.0 Å². The number of nitriles is 1. The summed E-state index contributed by atoms with van der Waals surface area (Å²) < 4.78 is 33.9. The van der Waals surface area contributed by atoms with Gasteiger partial charge in [0.2, 0.25) is 10.0 Å². The van der Waals surface area contributed by atoms with Gasteiger partial charge < -0.3 is 9.30 Å². The van der Waals surface area contributed by atoms with Crippen LogP contribution in [0.15, 0.2) is 42.5 Å². The van der Waals surface area contributed by atoms with Crippen LogP contribution in [0.4, 0.5) is 5.69 Å². The molecule has 1 heterocycles. The Bertz CT molecular complexity index is 1200. The van der Waals surface area contributed by atoms with Gasteiger partial charge in [0.25, 0.3) is 0 Å². The highest BCUT2D eigenvalue weighted by atomic mass is 32.2. The minimum absolute atomic E-state index is 0.0189. The van der Waals surface area contributed by atoms with Gasteiger partial charge >= 0.3 is 0 Å². The monoisotopic (exact) mass is 409 g/mol. The Balaban J connectivity index is 1.87. The van der Waals surface area contributed by atoms with Crippen molar-refractivity contribution in [2.45, 2.75) is 32.2 Å². The van der Waals surface area contributed by atoms with Crippen LogP contribution in [0, 0.1) is 11.3 Å². The van der Waals surface area contributed by atoms with E-state index in [9.17, 15) is 13.7 Å². The highest BCUT2D eigenvalue weighted by Gasteiger charge is 2.28. The summed E-state index contributed by atoms with van der Waals surface area (Å²) in [5.74, 6) is 0.779. The number of hydrogen-bond donors (Lipinski definition) is 1. The topological polar surface area (TPSA) is 84.1 Å². The van der Waals surface area contributed by atoms with Gasteiger partial charge in [-0.2, -0.15) is 5.26 Å². The molecule has 0 saturated heterocycles. The van der Waals surface area contributed by atoms with Crippen LogP contribution in [0.2, 0.25) is 0 Å². The third-order valence-corrected chi connectivity index (χ3v) is 6.88. The Kier molecular flexibility index (Phi) is 4.97. The Morgan fingerprint density at radius 1 is 1.21 bits per heavy atom. The second kappa shape index (κ2) is 7.45. The van der Waals surface area contributed by atoms with E-state index < -0.39 is 10.0 Å². The number of aromatic nitrogens is 1. The molecule has 4 rings (SSSR count). The molecule has 29 heavy (non-hydrogen) atoms. The molecule has 0 radical (unpaired) electrons. The summed E-state index contributed by atoms with van der Waals surface area (Å²) in [6, 6.07) is 15.8. The molecule has 1 aliphatic carbocycles. The van der Waals surface area contributed by atoms with Gasteiger partial charge in [-0.3, -0.25) is 4.72 Å². The summed E-state index contributed by atoms with van der Waals surface area (Å²) in [5, 5.41) is 10.9. The van der Waals surface area contributed by atoms with E-state index in [-0.39, 0.29) is 5.75 Å². The first kappa shape index (κ1) is 19.3. The van der Waals surface area contributed by atoms with E-state index in [0.29, 0.717) is 17.3 Å². The number of hydrogen-bond acceptors (Lipinski definition) is 4. The lowest BCUT2D eigenvalue weighted by molar-refractivity contribution is 0.324. The minimum Gasteiger partial charge on any atom is -0.497 e. The molecule has 1 fully saturated rings. The summed E-state index contributed by atoms with van der Waals surface area (Å²) in [5.41, 5.74) is 3.92. The van der Waals surface area contributed by atoms with Crippen LogP contribution < -0.4 is 9.46 Å². The lowest BCUT2D eigenvalue weighted by Crippen LogP contribution is -2.18. The van der Waals surface area contributed by atoms with Gasteiger partial charge in [-0.1, -0.05) is 12.1 Å². The SMILES string of the molecule is CCS(=O)(=O)Nc1ccc(-c2c(C#N)c3ccc(OC)cc3n2C2CCC2)cc1. The van der Waals surface area contributed by atoms with Crippen molar-refractivity contribution in [2.75, 3.05) is 17.6 Å². The first-order chi connectivity index (χ1) is 14.0. The highest BCUT2D eigenvalue weighted by Crippen LogP contribution is 2.43. The molecule has 0 atom stereocenters. The van der Waals surface area contributed by atoms with Crippen LogP contribution in [-0.4, -0.2) is 25.8 Å². The van der Waals surface area contributed by atoms with E-state index in [0.717, 1.165) is 40.8 Å². The summed E-state index contributed by atoms with van der Waals surface area (Å²) in [4.78, 5) is 0. The molecule has 1 saturated carbocycles. The smallest absolute Gasteiger partial charge is 0.232 e. The molecule has 0 aliphatic heterocycles. The molecule has 150 valence electrons. The van der Waals surface area contributed by atoms with Crippen molar-refractivity contribution in [1.29, 1.82) is 5.26 Å². The lowest BCUT2D eigenvalue weighted by Gasteiger charge is -2.30. The van der Waals surface area contributed by atoms with E-state index in [1.165, 1.54) is 6.42 Å². The van der Waals surface area contributed by atoms with Crippen molar-refractivity contribution in [3.63, 3.8) is 0 Å². The van der Waals surface area contributed by atoms with Gasteiger partial charge in [0.05, 0.1) is 29.6 Å². The lowest BCUT2D eigenvalue weighted by atomic mass is 9.92. The van der Waals surface area contributed by atoms with E-state index in [1.54, 1.807) is 26.2 Å². The molecule has 1 aliphatic rings. The normalized spacial score (nSPS) is 14.4. The number of methoxy groups -OCH3 is 1. The van der Waals surface area contributed by atoms with E-state index in [4.69, 9.17) is 4.74 Å². The van der Waals surface area contributed by atoms with Gasteiger partial charge in [-0.15, -0.1) is 0 Å². The molecular formula is C22H23N3O3S. The quantitative estimate of drug-likeness (QED) is 0.641. The second-order valence-electron chi connectivity index (χ2n) is 7.26. The molecule has 6 nitrogen and oxygen atoms in total. The molecular weight excluding hydrogens is 386 g/mol. The number of sulfonamides is 1. The van der Waals surface area contributed by atoms with E-state index >= 15 is 0 Å². The zero-order valence-electron chi connectivity index (χ0n) is 16.5. The van der Waals surface area contributed by atoms with Crippen LogP contribution in [0.5, 0.6) is 5.75 Å². The van der Waals surface area contributed by atoms with Crippen LogP contribution in [0.25, 0.3) is 22.2 Å². The predicted octanol–water partition coefficient (Wildman–Crippen LogP) is 4.68. The maximum Gasteiger partial charge on any atom is 0.232 e. The van der Waals surface area contributed by atoms with Crippen molar-refractivity contribution in [2.24, 2.45) is 0 Å². The molecule has 0 bridgehead atoms. The molecule has 0 unspecified atom stereocenters. The summed E-state index contributed by atoms with van der Waals surface area (Å²) in [7, 11) is -1.69. The first-order valence-electron chi connectivity index (χ1n) is 9.70. The summed E-state index contributed by atoms with van der Waals surface area (Å²) >= 11 is 0. The largest absolute Gasteiger partial charge is 0.497 e. The number of benzene rings is 2. The zero-order valence-corrected chi connectivity index (χ0v) is 17.3. The number of fused-ring (bicyclic) bond motifs is 1. The van der Waals surface area contributed by atoms with Crippen molar-refractivity contribution in [3.8, 4) is 23.1 Å². The van der Waals surface area contributed by atoms with Crippen LogP contribution in [-0.2, 0) is 10.0 Å². The fourth-order valence-corrected chi connectivity index (χ4v) is 4.43. The van der Waals surface area contributed by atoms with Crippen LogP contribution in [0.1, 0.15) is 37.8 Å². The Morgan fingerprint density at radius 3 is 2.48 bits per heavy atom. The molecule has 0 spiro atoms. The second-order valence-corrected chi connectivity index (χ2v) is 9.27. The minimum atomic E-state index is -3.33. The van der Waals surface area contributed by atoms with Crippen LogP contribution in [0.3, 0.4) is 0 Å². The molecule has 7 heteroatoms. The third kappa shape index (κ3) is 3.45. The molecule has 0 amide bonds. The maximum atomic E-state index is 11.8. The van der Waals surface area contributed by atoms with Crippen molar-refractivity contribution < 1.29 is 13.2 Å². The fraction of sp³-hybridized carbons (Fsp3) is 0.318. The number of nitrogens with one attached hydrogen (secondary N) is 1. The highest BCUT2D eigenvalue weighted by molar-refractivity contribution is 7.92. The van der Waals surface area contributed by atoms with Gasteiger partial charge in [0.15, 0.2) is 0 Å². The molecule has 1 aromatic heterocycles. The van der Waals surface area contributed by atoms with Gasteiger partial charge in [-0.25, -0.2) is 8.42 Å². The Hall–Kier alpha value is -2.98. The maximum absolute atomic E-state index is 11.8. The average Bonchev–Trinajstić information content (AvgIpc) is 3.00. The standard InChI is InChI=1S/C22H23N3O3S/c1-3-29(26,27)24-16-9-7-15(8-10-16)22-20(14-23)19-12-11-18(28-2)13-21(19)25(22)17-5-4-6-17/h7-13,17,24H,3-6H2,1-2H3. The Labute approximate surface area is 170 Å². The predicted molar refractivity (Wildman–Crippen MR) is 115 cm³/mol. The number of nitrogens with zero attached hydrogens (tertiary/aromatic N) is 2. The van der Waals surface area contributed by atoms with Crippen molar-refractivity contribution in [1.82, 2.24) is 4.57 Å². The number of rotatable bonds is 6. The summed E-state index contributed by atoms with van der Waals surface area (Å²) in [6.45, 7) is 1.60. The summed E-state index contributed by atoms with van der Waals surface area (Å²) in [6.07, 6.45) is 3.33. The average molecular weight is 410 g/mol. The van der Waals surface area contributed by atoms with Gasteiger partial charge in [0.1, 0.15) is 11.8 Å². The first-order valence-corrected chi connectivity index (χ1v) is 11.4. The van der Waals surface area contributed by atoms with Gasteiger partial charge in [0, 0.05) is 23.2 Å². The molecule has 3 aromatic rings. The zero-order chi connectivity index (χ0) is 20.6. The number of anilines is 1. The molecule has 1 N–H and O–H groups in total. The van der Waals surface area contributed by atoms with E-state index in [2.05, 4.69) is 15.4 Å². The fourth-order valence-electron chi connectivity index (χ4n) is 3.79. The molecule has 2 aromatic carbocycles. The third-order valence-electron chi connectivity index (χ3n) is 5.57. The number of ether oxygens (including phenoxy) is 1. The van der Waals surface area contributed by atoms with Crippen molar-refractivity contribution >= 4 is 26.6 Å².